The highest BCUT2D eigenvalue weighted by molar-refractivity contribution is 7.85. The van der Waals surface area contributed by atoms with Crippen LogP contribution in [-0.4, -0.2) is 144 Å². The number of hydrogen-bond donors (Lipinski definition) is 4. The first kappa shape index (κ1) is 45.6. The van der Waals surface area contributed by atoms with Crippen molar-refractivity contribution >= 4 is 63.1 Å². The van der Waals surface area contributed by atoms with Gasteiger partial charge in [-0.05, 0) is 79.7 Å². The lowest BCUT2D eigenvalue weighted by atomic mass is 10.1. The summed E-state index contributed by atoms with van der Waals surface area (Å²) in [6, 6.07) is 19.3. The first-order chi connectivity index (χ1) is 30.1. The Hall–Kier alpha value is -6.88. The molecule has 0 spiro atoms. The van der Waals surface area contributed by atoms with E-state index in [9.17, 15) is 32.4 Å². The van der Waals surface area contributed by atoms with Crippen molar-refractivity contribution in [2.24, 2.45) is 0 Å². The molecule has 63 heavy (non-hydrogen) atoms. The normalized spacial score (nSPS) is 17.9. The molecule has 4 N–H and O–H groups in total. The van der Waals surface area contributed by atoms with E-state index in [-0.39, 0.29) is 48.4 Å². The van der Waals surface area contributed by atoms with Crippen molar-refractivity contribution in [2.45, 2.75) is 19.1 Å². The molecule has 2 aromatic heterocycles. The Morgan fingerprint density at radius 3 is 1.62 bits per heavy atom. The van der Waals surface area contributed by atoms with E-state index < -0.39 is 40.2 Å². The third-order valence-electron chi connectivity index (χ3n) is 9.70. The highest BCUT2D eigenvalue weighted by Gasteiger charge is 2.35. The molecule has 7 rings (SSSR count). The second-order valence-corrected chi connectivity index (χ2v) is 16.0. The number of piperazine rings is 1. The fourth-order valence-electron chi connectivity index (χ4n) is 6.58. The average molecular weight is 891 g/mol. The maximum absolute atomic E-state index is 12.5. The van der Waals surface area contributed by atoms with E-state index in [4.69, 9.17) is 33.9 Å². The molecule has 4 aromatic rings. The number of ether oxygens (including phenoxy) is 3. The fourth-order valence-corrected chi connectivity index (χ4v) is 6.98. The van der Waals surface area contributed by atoms with Crippen LogP contribution in [0.4, 0.5) is 21.0 Å². The van der Waals surface area contributed by atoms with Crippen LogP contribution in [0.3, 0.4) is 0 Å². The van der Waals surface area contributed by atoms with Crippen molar-refractivity contribution < 1.29 is 59.6 Å². The summed E-state index contributed by atoms with van der Waals surface area (Å²) in [6.07, 6.45) is 1.65. The number of hydrogen-bond acceptors (Lipinski definition) is 17. The largest absolute Gasteiger partial charge is 0.465 e. The van der Waals surface area contributed by atoms with Crippen molar-refractivity contribution in [3.63, 3.8) is 0 Å². The average Bonchev–Trinajstić information content (AvgIpc) is 4.10. The number of amides is 4. The van der Waals surface area contributed by atoms with Crippen LogP contribution in [0.15, 0.2) is 94.2 Å². The van der Waals surface area contributed by atoms with Crippen molar-refractivity contribution in [1.82, 2.24) is 20.4 Å². The zero-order valence-corrected chi connectivity index (χ0v) is 35.1. The number of rotatable bonds is 14. The van der Waals surface area contributed by atoms with Gasteiger partial charge in [0, 0.05) is 55.2 Å². The van der Waals surface area contributed by atoms with Gasteiger partial charge in [-0.3, -0.25) is 49.0 Å². The maximum atomic E-state index is 12.5. The van der Waals surface area contributed by atoms with Crippen LogP contribution in [0, 0.1) is 10.8 Å². The number of nitrogens with one attached hydrogen (secondary N) is 4. The topological polar surface area (TPSA) is 267 Å². The lowest BCUT2D eigenvalue weighted by molar-refractivity contribution is -0.144. The van der Waals surface area contributed by atoms with Crippen LogP contribution in [0.2, 0.25) is 0 Å². The molecule has 0 radical (unpaired) electrons. The van der Waals surface area contributed by atoms with E-state index in [0.717, 1.165) is 32.4 Å². The molecule has 22 heteroatoms. The van der Waals surface area contributed by atoms with Crippen LogP contribution in [0.25, 0.3) is 0 Å². The zero-order valence-electron chi connectivity index (χ0n) is 34.3. The van der Waals surface area contributed by atoms with Crippen molar-refractivity contribution in [3.8, 4) is 0 Å². The number of carbonyl (C=O) groups excluding carboxylic acids is 5. The quantitative estimate of drug-likeness (QED) is 0.0466. The molecule has 3 aliphatic rings. The Balaban J connectivity index is 0.000000215. The van der Waals surface area contributed by atoms with Crippen LogP contribution in [0.1, 0.15) is 39.2 Å². The fraction of sp³-hybridized carbons (Fsp3) is 0.341. The summed E-state index contributed by atoms with van der Waals surface area (Å²) >= 11 is 0. The molecule has 2 unspecified atom stereocenters. The number of carbonyl (C=O) groups is 5. The van der Waals surface area contributed by atoms with E-state index in [1.54, 1.807) is 72.5 Å². The van der Waals surface area contributed by atoms with Crippen LogP contribution in [0.5, 0.6) is 0 Å². The van der Waals surface area contributed by atoms with Gasteiger partial charge in [-0.1, -0.05) is 0 Å². The molecular weight excluding hydrogens is 845 g/mol. The number of furan rings is 2. The Bertz CT molecular complexity index is 2370. The number of amidine groups is 2. The summed E-state index contributed by atoms with van der Waals surface area (Å²) in [5, 5.41) is 21.0. The van der Waals surface area contributed by atoms with Crippen molar-refractivity contribution in [2.75, 3.05) is 81.6 Å². The van der Waals surface area contributed by atoms with Gasteiger partial charge in [0.2, 0.25) is 0 Å². The van der Waals surface area contributed by atoms with E-state index in [1.807, 2.05) is 0 Å². The minimum atomic E-state index is -3.63. The standard InChI is InChI=1S/C24H29N5O6.C17H17N3O7S/c1-2-33-21(30)16-28-11-9-27(10-12-28)14-19-15-29(24(32)35-19)18-7-5-17(6-8-18)22(25)26-23(31)20-4-3-13-34-20;1-28(23,24)26-10-13-9-20(17(22)27-13)12-6-4-11(5-7-12)15(18)19-16(21)14-3-2-8-25-14/h3-8,13,19H,2,9-12,14-16H2,1H3,(H2,25,26,31);2-8,13H,9-10H2,1H3,(H2,18,19,21). The van der Waals surface area contributed by atoms with Crippen LogP contribution >= 0.6 is 0 Å². The molecule has 0 saturated carbocycles. The molecule has 0 aliphatic carbocycles. The van der Waals surface area contributed by atoms with E-state index in [2.05, 4.69) is 24.6 Å². The SMILES string of the molecule is CCOC(=O)CN1CCN(CC2CN(c3ccc(C(=N)NC(=O)c4ccco4)cc3)C(=O)O2)CC1.CS(=O)(=O)OCC1CN(c2ccc(C(=N)NC(=O)c3ccco3)cc2)C(=O)O1. The molecule has 3 fully saturated rings. The maximum Gasteiger partial charge on any atom is 0.414 e. The summed E-state index contributed by atoms with van der Waals surface area (Å²) in [7, 11) is -3.63. The molecule has 4 amide bonds. The monoisotopic (exact) mass is 890 g/mol. The Morgan fingerprint density at radius 1 is 0.714 bits per heavy atom. The van der Waals surface area contributed by atoms with E-state index in [1.165, 1.54) is 29.6 Å². The third kappa shape index (κ3) is 12.8. The van der Waals surface area contributed by atoms with E-state index >= 15 is 0 Å². The predicted molar refractivity (Wildman–Crippen MR) is 224 cm³/mol. The minimum absolute atomic E-state index is 0.0677. The van der Waals surface area contributed by atoms with Gasteiger partial charge in [0.1, 0.15) is 30.5 Å². The molecule has 334 valence electrons. The summed E-state index contributed by atoms with van der Waals surface area (Å²) in [6.45, 7) is 6.48. The molecule has 2 aromatic carbocycles. The molecule has 3 aliphatic heterocycles. The summed E-state index contributed by atoms with van der Waals surface area (Å²) < 4.78 is 52.4. The highest BCUT2D eigenvalue weighted by Crippen LogP contribution is 2.24. The molecular formula is C41H46N8O13S. The number of esters is 1. The van der Waals surface area contributed by atoms with Gasteiger partial charge in [0.15, 0.2) is 11.5 Å². The van der Waals surface area contributed by atoms with Gasteiger partial charge in [-0.15, -0.1) is 0 Å². The lowest BCUT2D eigenvalue weighted by Gasteiger charge is -2.34. The molecule has 2 atom stereocenters. The molecule has 3 saturated heterocycles. The van der Waals surface area contributed by atoms with Gasteiger partial charge in [0.25, 0.3) is 21.9 Å². The Labute approximate surface area is 361 Å². The van der Waals surface area contributed by atoms with Gasteiger partial charge >= 0.3 is 18.2 Å². The van der Waals surface area contributed by atoms with Crippen molar-refractivity contribution in [3.05, 3.63) is 108 Å². The number of anilines is 2. The summed E-state index contributed by atoms with van der Waals surface area (Å²) in [4.78, 5) is 67.3. The number of cyclic esters (lactones) is 2. The van der Waals surface area contributed by atoms with Crippen molar-refractivity contribution in [1.29, 1.82) is 10.8 Å². The smallest absolute Gasteiger partial charge is 0.414 e. The van der Waals surface area contributed by atoms with Gasteiger partial charge in [-0.25, -0.2) is 9.59 Å². The molecule has 0 bridgehead atoms. The van der Waals surface area contributed by atoms with Crippen LogP contribution < -0.4 is 20.4 Å². The Morgan fingerprint density at radius 2 is 1.17 bits per heavy atom. The summed E-state index contributed by atoms with van der Waals surface area (Å²) in [5.41, 5.74) is 2.08. The van der Waals surface area contributed by atoms with Gasteiger partial charge in [0.05, 0.1) is 45.0 Å². The van der Waals surface area contributed by atoms with E-state index in [0.29, 0.717) is 48.7 Å². The third-order valence-corrected chi connectivity index (χ3v) is 10.3. The first-order valence-corrected chi connectivity index (χ1v) is 21.5. The minimum Gasteiger partial charge on any atom is -0.465 e. The molecule has 21 nitrogen and oxygen atoms in total. The summed E-state index contributed by atoms with van der Waals surface area (Å²) in [5.74, 6) is -1.24. The number of benzene rings is 2. The second-order valence-electron chi connectivity index (χ2n) is 14.3. The predicted octanol–water partition coefficient (Wildman–Crippen LogP) is 2.88. The zero-order chi connectivity index (χ0) is 45.1. The second kappa shape index (κ2) is 20.8. The van der Waals surface area contributed by atoms with Gasteiger partial charge in [-0.2, -0.15) is 8.42 Å². The lowest BCUT2D eigenvalue weighted by Crippen LogP contribution is -2.50. The first-order valence-electron chi connectivity index (χ1n) is 19.6. The number of nitrogens with zero attached hydrogens (tertiary/aromatic N) is 4. The Kier molecular flexibility index (Phi) is 15.1. The highest BCUT2D eigenvalue weighted by atomic mass is 32.2. The van der Waals surface area contributed by atoms with Crippen LogP contribution in [-0.2, 0) is 33.3 Å². The van der Waals surface area contributed by atoms with Gasteiger partial charge < -0.3 is 33.7 Å². The molecule has 5 heterocycles.